The first-order valence-corrected chi connectivity index (χ1v) is 8.98. The molecular weight excluding hydrogens is 360 g/mol. The normalized spacial score (nSPS) is 13.1. The van der Waals surface area contributed by atoms with E-state index < -0.39 is 11.9 Å². The van der Waals surface area contributed by atoms with Crippen LogP contribution in [0.25, 0.3) is 10.9 Å². The van der Waals surface area contributed by atoms with Crippen LogP contribution >= 0.6 is 0 Å². The molecule has 0 spiro atoms. The number of benzene rings is 2. The summed E-state index contributed by atoms with van der Waals surface area (Å²) in [5.74, 6) is -0.258. The highest BCUT2D eigenvalue weighted by atomic mass is 19.1. The molecule has 0 saturated heterocycles. The number of aromatic nitrogens is 2. The number of para-hydroxylation sites is 1. The Labute approximate surface area is 163 Å². The van der Waals surface area contributed by atoms with Crippen molar-refractivity contribution in [2.24, 2.45) is 7.05 Å². The van der Waals surface area contributed by atoms with Crippen LogP contribution in [-0.2, 0) is 7.05 Å². The number of ether oxygens (including phenoxy) is 1. The van der Waals surface area contributed by atoms with Crippen LogP contribution in [0.5, 0.6) is 5.75 Å². The van der Waals surface area contributed by atoms with E-state index in [1.54, 1.807) is 54.0 Å². The minimum absolute atomic E-state index is 0.0912. The lowest BCUT2D eigenvalue weighted by molar-refractivity contribution is 0.244. The molecule has 0 aliphatic carbocycles. The van der Waals surface area contributed by atoms with Crippen molar-refractivity contribution in [2.45, 2.75) is 6.10 Å². The lowest BCUT2D eigenvalue weighted by Gasteiger charge is -2.17. The monoisotopic (exact) mass is 383 g/mol. The minimum Gasteiger partial charge on any atom is -0.480 e. The molecule has 3 rings (SSSR count). The quantitative estimate of drug-likeness (QED) is 0.523. The molecule has 0 saturated carbocycles. The predicted molar refractivity (Wildman–Crippen MR) is 107 cm³/mol. The molecule has 0 fully saturated rings. The van der Waals surface area contributed by atoms with Crippen molar-refractivity contribution in [3.05, 3.63) is 84.6 Å². The lowest BCUT2D eigenvalue weighted by atomic mass is 10.1. The Hall–Kier alpha value is -2.99. The molecule has 28 heavy (non-hydrogen) atoms. The molecule has 1 heterocycles. The second-order valence-corrected chi connectivity index (χ2v) is 6.59. The van der Waals surface area contributed by atoms with Crippen molar-refractivity contribution in [2.75, 3.05) is 20.1 Å². The SMILES string of the molecule is C=CCN(C)CC(F)=CC(Oc1ccccc1)c1nn(C)c2cccc(F)c12. The van der Waals surface area contributed by atoms with E-state index >= 15 is 0 Å². The smallest absolute Gasteiger partial charge is 0.164 e. The van der Waals surface area contributed by atoms with E-state index in [1.165, 1.54) is 12.1 Å². The van der Waals surface area contributed by atoms with E-state index in [0.717, 1.165) is 0 Å². The van der Waals surface area contributed by atoms with Gasteiger partial charge in [0.05, 0.1) is 17.4 Å². The second kappa shape index (κ2) is 8.80. The standard InChI is InChI=1S/C22H23F2N3O/c1-4-13-26(2)15-16(23)14-20(28-17-9-6-5-7-10-17)22-21-18(24)11-8-12-19(21)27(3)25-22/h4-12,14,20H,1,13,15H2,2-3H3. The maximum atomic E-state index is 14.7. The highest BCUT2D eigenvalue weighted by Gasteiger charge is 2.23. The Morgan fingerprint density at radius 2 is 2.00 bits per heavy atom. The summed E-state index contributed by atoms with van der Waals surface area (Å²) in [6.45, 7) is 4.30. The summed E-state index contributed by atoms with van der Waals surface area (Å²) >= 11 is 0. The molecule has 0 aliphatic rings. The second-order valence-electron chi connectivity index (χ2n) is 6.59. The number of nitrogens with zero attached hydrogens (tertiary/aromatic N) is 3. The fourth-order valence-electron chi connectivity index (χ4n) is 3.07. The van der Waals surface area contributed by atoms with Crippen LogP contribution in [0.1, 0.15) is 11.8 Å². The van der Waals surface area contributed by atoms with Crippen LogP contribution in [0.3, 0.4) is 0 Å². The Bertz CT molecular complexity index is 982. The molecule has 0 aliphatic heterocycles. The van der Waals surface area contributed by atoms with E-state index in [9.17, 15) is 8.78 Å². The van der Waals surface area contributed by atoms with Gasteiger partial charge in [-0.2, -0.15) is 5.10 Å². The van der Waals surface area contributed by atoms with Crippen molar-refractivity contribution in [3.8, 4) is 5.75 Å². The van der Waals surface area contributed by atoms with Gasteiger partial charge in [0.25, 0.3) is 0 Å². The number of aryl methyl sites for hydroxylation is 1. The van der Waals surface area contributed by atoms with Gasteiger partial charge in [0.2, 0.25) is 0 Å². The maximum absolute atomic E-state index is 14.7. The first-order chi connectivity index (χ1) is 13.5. The summed E-state index contributed by atoms with van der Waals surface area (Å²) in [7, 11) is 3.51. The molecule has 1 unspecified atom stereocenters. The Morgan fingerprint density at radius 3 is 2.71 bits per heavy atom. The van der Waals surface area contributed by atoms with Gasteiger partial charge in [-0.1, -0.05) is 30.3 Å². The summed E-state index contributed by atoms with van der Waals surface area (Å²) in [5, 5.41) is 4.75. The molecule has 6 heteroatoms. The largest absolute Gasteiger partial charge is 0.480 e. The number of rotatable bonds is 8. The first kappa shape index (κ1) is 19.8. The Balaban J connectivity index is 2.03. The van der Waals surface area contributed by atoms with Gasteiger partial charge in [-0.15, -0.1) is 6.58 Å². The van der Waals surface area contributed by atoms with Crippen LogP contribution in [0, 0.1) is 5.82 Å². The van der Waals surface area contributed by atoms with E-state index in [0.29, 0.717) is 28.9 Å². The van der Waals surface area contributed by atoms with E-state index in [1.807, 2.05) is 18.2 Å². The van der Waals surface area contributed by atoms with Gasteiger partial charge in [0, 0.05) is 13.6 Å². The molecule has 0 amide bonds. The van der Waals surface area contributed by atoms with Gasteiger partial charge in [-0.05, 0) is 37.4 Å². The summed E-state index contributed by atoms with van der Waals surface area (Å²) in [6.07, 6.45) is 2.17. The van der Waals surface area contributed by atoms with Crippen molar-refractivity contribution >= 4 is 10.9 Å². The van der Waals surface area contributed by atoms with Gasteiger partial charge in [0.1, 0.15) is 23.1 Å². The fraction of sp³-hybridized carbons (Fsp3) is 0.227. The zero-order chi connectivity index (χ0) is 20.1. The molecule has 0 radical (unpaired) electrons. The average molecular weight is 383 g/mol. The zero-order valence-electron chi connectivity index (χ0n) is 16.0. The molecule has 4 nitrogen and oxygen atoms in total. The molecule has 146 valence electrons. The van der Waals surface area contributed by atoms with E-state index in [-0.39, 0.29) is 12.4 Å². The van der Waals surface area contributed by atoms with E-state index in [2.05, 4.69) is 11.7 Å². The van der Waals surface area contributed by atoms with Gasteiger partial charge in [-0.3, -0.25) is 9.58 Å². The average Bonchev–Trinajstić information content (AvgIpc) is 3.00. The number of hydrogen-bond donors (Lipinski definition) is 0. The molecule has 0 bridgehead atoms. The maximum Gasteiger partial charge on any atom is 0.164 e. The molecule has 0 N–H and O–H groups in total. The summed E-state index contributed by atoms with van der Waals surface area (Å²) in [5.41, 5.74) is 0.954. The molecule has 3 aromatic rings. The third kappa shape index (κ3) is 4.46. The van der Waals surface area contributed by atoms with Crippen LogP contribution in [0.15, 0.2) is 73.1 Å². The Kier molecular flexibility index (Phi) is 6.21. The Morgan fingerprint density at radius 1 is 1.25 bits per heavy atom. The summed E-state index contributed by atoms with van der Waals surface area (Å²) < 4.78 is 36.8. The lowest BCUT2D eigenvalue weighted by Crippen LogP contribution is -2.20. The highest BCUT2D eigenvalue weighted by Crippen LogP contribution is 2.31. The van der Waals surface area contributed by atoms with Gasteiger partial charge >= 0.3 is 0 Å². The van der Waals surface area contributed by atoms with Crippen LogP contribution in [-0.4, -0.2) is 34.8 Å². The minimum atomic E-state index is -0.875. The number of halogens is 2. The third-order valence-corrected chi connectivity index (χ3v) is 4.32. The molecule has 1 aromatic heterocycles. The highest BCUT2D eigenvalue weighted by molar-refractivity contribution is 5.83. The van der Waals surface area contributed by atoms with Crippen LogP contribution in [0.4, 0.5) is 8.78 Å². The molecular formula is C22H23F2N3O. The van der Waals surface area contributed by atoms with E-state index in [4.69, 9.17) is 4.74 Å². The first-order valence-electron chi connectivity index (χ1n) is 8.98. The predicted octanol–water partition coefficient (Wildman–Crippen LogP) is 4.80. The number of hydrogen-bond acceptors (Lipinski definition) is 3. The molecule has 2 aromatic carbocycles. The van der Waals surface area contributed by atoms with Crippen LogP contribution in [0.2, 0.25) is 0 Å². The summed E-state index contributed by atoms with van der Waals surface area (Å²) in [4.78, 5) is 1.77. The van der Waals surface area contributed by atoms with Gasteiger partial charge in [0.15, 0.2) is 6.10 Å². The van der Waals surface area contributed by atoms with Gasteiger partial charge in [-0.25, -0.2) is 8.78 Å². The fourth-order valence-corrected chi connectivity index (χ4v) is 3.07. The van der Waals surface area contributed by atoms with Crippen molar-refractivity contribution in [1.82, 2.24) is 14.7 Å². The van der Waals surface area contributed by atoms with Crippen molar-refractivity contribution in [3.63, 3.8) is 0 Å². The summed E-state index contributed by atoms with van der Waals surface area (Å²) in [6, 6.07) is 13.8. The van der Waals surface area contributed by atoms with Crippen LogP contribution < -0.4 is 4.74 Å². The third-order valence-electron chi connectivity index (χ3n) is 4.32. The zero-order valence-corrected chi connectivity index (χ0v) is 16.0. The molecule has 1 atom stereocenters. The number of fused-ring (bicyclic) bond motifs is 1. The van der Waals surface area contributed by atoms with Gasteiger partial charge < -0.3 is 4.74 Å². The van der Waals surface area contributed by atoms with Crippen molar-refractivity contribution < 1.29 is 13.5 Å². The topological polar surface area (TPSA) is 30.3 Å². The van der Waals surface area contributed by atoms with Crippen molar-refractivity contribution in [1.29, 1.82) is 0 Å². The number of likely N-dealkylation sites (N-methyl/N-ethyl adjacent to an activating group) is 1.